The van der Waals surface area contributed by atoms with Crippen molar-refractivity contribution in [1.29, 1.82) is 5.41 Å². The molecule has 1 aromatic rings. The second kappa shape index (κ2) is 8.73. The van der Waals surface area contributed by atoms with Crippen LogP contribution in [0.1, 0.15) is 25.3 Å². The first kappa shape index (κ1) is 20.3. The van der Waals surface area contributed by atoms with Crippen molar-refractivity contribution >= 4 is 11.6 Å². The number of hydrogen-bond acceptors (Lipinski definition) is 5. The second-order valence-corrected chi connectivity index (χ2v) is 7.35. The molecule has 0 saturated carbocycles. The number of halogens is 1. The molecule has 2 saturated heterocycles. The highest BCUT2D eigenvalue weighted by Gasteiger charge is 2.41. The summed E-state index contributed by atoms with van der Waals surface area (Å²) < 4.78 is 20.4. The number of Topliss-reactive ketones (excluding diaryl/α,β-unsaturated/α-hetero) is 1. The Morgan fingerprint density at radius 3 is 2.25 bits per heavy atom. The SMILES string of the molecule is CN/C(=C(/F)C(=N)N1CCC(C(C)=O)(c2ccccc2)CC1)N1CCOCC1. The van der Waals surface area contributed by atoms with Crippen LogP contribution in [0.5, 0.6) is 0 Å². The maximum atomic E-state index is 15.1. The number of ether oxygens (including phenoxy) is 1. The first-order valence-electron chi connectivity index (χ1n) is 9.80. The number of ketones is 1. The third-order valence-electron chi connectivity index (χ3n) is 5.91. The lowest BCUT2D eigenvalue weighted by atomic mass is 9.70. The number of hydrogen-bond donors (Lipinski definition) is 2. The van der Waals surface area contributed by atoms with Crippen LogP contribution in [0, 0.1) is 5.41 Å². The van der Waals surface area contributed by atoms with Crippen molar-refractivity contribution in [2.45, 2.75) is 25.2 Å². The fraction of sp³-hybridized carbons (Fsp3) is 0.524. The normalized spacial score (nSPS) is 20.4. The molecule has 1 aromatic carbocycles. The summed E-state index contributed by atoms with van der Waals surface area (Å²) in [7, 11) is 1.67. The van der Waals surface area contributed by atoms with Gasteiger partial charge in [0.05, 0.1) is 18.6 Å². The van der Waals surface area contributed by atoms with Gasteiger partial charge in [-0.2, -0.15) is 4.39 Å². The van der Waals surface area contributed by atoms with Crippen LogP contribution in [0.2, 0.25) is 0 Å². The molecular formula is C21H29FN4O2. The van der Waals surface area contributed by atoms with E-state index in [0.29, 0.717) is 58.1 Å². The van der Waals surface area contributed by atoms with Crippen molar-refractivity contribution in [3.05, 3.63) is 47.5 Å². The molecule has 0 aliphatic carbocycles. The van der Waals surface area contributed by atoms with Crippen LogP contribution < -0.4 is 5.32 Å². The van der Waals surface area contributed by atoms with Gasteiger partial charge in [0.2, 0.25) is 5.83 Å². The van der Waals surface area contributed by atoms with Gasteiger partial charge < -0.3 is 19.9 Å². The number of piperidine rings is 1. The highest BCUT2D eigenvalue weighted by atomic mass is 19.1. The molecule has 0 aromatic heterocycles. The topological polar surface area (TPSA) is 68.7 Å². The summed E-state index contributed by atoms with van der Waals surface area (Å²) in [6.07, 6.45) is 1.16. The Labute approximate surface area is 165 Å². The van der Waals surface area contributed by atoms with Crippen molar-refractivity contribution < 1.29 is 13.9 Å². The second-order valence-electron chi connectivity index (χ2n) is 7.35. The molecule has 2 aliphatic heterocycles. The summed E-state index contributed by atoms with van der Waals surface area (Å²) in [4.78, 5) is 16.1. The molecule has 0 atom stereocenters. The average molecular weight is 388 g/mol. The molecule has 6 nitrogen and oxygen atoms in total. The van der Waals surface area contributed by atoms with Crippen LogP contribution >= 0.6 is 0 Å². The molecule has 0 spiro atoms. The Balaban J connectivity index is 1.75. The van der Waals surface area contributed by atoms with Crippen molar-refractivity contribution in [2.75, 3.05) is 46.4 Å². The van der Waals surface area contributed by atoms with E-state index in [1.807, 2.05) is 35.2 Å². The van der Waals surface area contributed by atoms with Crippen molar-refractivity contribution in [1.82, 2.24) is 15.1 Å². The lowest BCUT2D eigenvalue weighted by molar-refractivity contribution is -0.123. The maximum absolute atomic E-state index is 15.1. The smallest absolute Gasteiger partial charge is 0.204 e. The first-order chi connectivity index (χ1) is 13.5. The Morgan fingerprint density at radius 2 is 1.71 bits per heavy atom. The monoisotopic (exact) mass is 388 g/mol. The van der Waals surface area contributed by atoms with Gasteiger partial charge in [0.15, 0.2) is 5.84 Å². The van der Waals surface area contributed by atoms with Crippen molar-refractivity contribution in [3.8, 4) is 0 Å². The molecule has 2 aliphatic rings. The van der Waals surface area contributed by atoms with Crippen LogP contribution in [-0.2, 0) is 14.9 Å². The van der Waals surface area contributed by atoms with E-state index in [1.165, 1.54) is 0 Å². The molecule has 0 bridgehead atoms. The lowest BCUT2D eigenvalue weighted by Gasteiger charge is -2.41. The minimum Gasteiger partial charge on any atom is -0.378 e. The van der Waals surface area contributed by atoms with E-state index >= 15 is 4.39 Å². The van der Waals surface area contributed by atoms with Gasteiger partial charge in [0.25, 0.3) is 0 Å². The van der Waals surface area contributed by atoms with Crippen LogP contribution in [-0.4, -0.2) is 67.9 Å². The molecule has 0 amide bonds. The zero-order chi connectivity index (χ0) is 20.1. The molecule has 3 rings (SSSR count). The molecule has 2 N–H and O–H groups in total. The predicted octanol–water partition coefficient (Wildman–Crippen LogP) is 2.28. The predicted molar refractivity (Wildman–Crippen MR) is 107 cm³/mol. The van der Waals surface area contributed by atoms with Gasteiger partial charge in [-0.3, -0.25) is 10.2 Å². The van der Waals surface area contributed by atoms with Gasteiger partial charge in [-0.1, -0.05) is 30.3 Å². The largest absolute Gasteiger partial charge is 0.378 e. The molecule has 2 heterocycles. The minimum atomic E-state index is -0.556. The van der Waals surface area contributed by atoms with E-state index in [9.17, 15) is 4.79 Å². The summed E-state index contributed by atoms with van der Waals surface area (Å²) in [6.45, 7) is 4.87. The van der Waals surface area contributed by atoms with E-state index in [0.717, 1.165) is 5.56 Å². The third kappa shape index (κ3) is 3.90. The third-order valence-corrected chi connectivity index (χ3v) is 5.91. The summed E-state index contributed by atoms with van der Waals surface area (Å²) >= 11 is 0. The number of nitrogens with zero attached hydrogens (tertiary/aromatic N) is 2. The van der Waals surface area contributed by atoms with Crippen LogP contribution in [0.25, 0.3) is 0 Å². The molecule has 2 fully saturated rings. The van der Waals surface area contributed by atoms with E-state index in [4.69, 9.17) is 10.1 Å². The van der Waals surface area contributed by atoms with E-state index in [2.05, 4.69) is 5.32 Å². The summed E-state index contributed by atoms with van der Waals surface area (Å²) in [5.41, 5.74) is 0.461. The fourth-order valence-corrected chi connectivity index (χ4v) is 4.16. The highest BCUT2D eigenvalue weighted by Crippen LogP contribution is 2.37. The van der Waals surface area contributed by atoms with Gasteiger partial charge in [-0.25, -0.2) is 0 Å². The summed E-state index contributed by atoms with van der Waals surface area (Å²) in [5.74, 6) is -0.217. The van der Waals surface area contributed by atoms with Gasteiger partial charge in [-0.15, -0.1) is 0 Å². The van der Waals surface area contributed by atoms with E-state index in [1.54, 1.807) is 18.9 Å². The number of carbonyl (C=O) groups excluding carboxylic acids is 1. The molecule has 0 radical (unpaired) electrons. The van der Waals surface area contributed by atoms with Crippen molar-refractivity contribution in [3.63, 3.8) is 0 Å². The minimum absolute atomic E-state index is 0.124. The van der Waals surface area contributed by atoms with Crippen molar-refractivity contribution in [2.24, 2.45) is 0 Å². The molecule has 0 unspecified atom stereocenters. The lowest BCUT2D eigenvalue weighted by Crippen LogP contribution is -2.49. The van der Waals surface area contributed by atoms with E-state index in [-0.39, 0.29) is 11.6 Å². The first-order valence-corrected chi connectivity index (χ1v) is 9.80. The highest BCUT2D eigenvalue weighted by molar-refractivity contribution is 5.95. The van der Waals surface area contributed by atoms with Gasteiger partial charge in [0, 0.05) is 33.2 Å². The number of carbonyl (C=O) groups is 1. The molecule has 7 heteroatoms. The number of nitrogens with one attached hydrogen (secondary N) is 2. The zero-order valence-electron chi connectivity index (χ0n) is 16.6. The average Bonchev–Trinajstić information content (AvgIpc) is 2.75. The molecule has 152 valence electrons. The van der Waals surface area contributed by atoms with Gasteiger partial charge in [-0.05, 0) is 25.3 Å². The standard InChI is InChI=1S/C21H29FN4O2/c1-16(27)21(17-6-4-3-5-7-17)8-10-25(11-9-21)19(23)18(22)20(24-2)26-12-14-28-15-13-26/h3-7,23-24H,8-15H2,1-2H3/b20-18-,23-19?. The Kier molecular flexibility index (Phi) is 6.34. The quantitative estimate of drug-likeness (QED) is 0.598. The summed E-state index contributed by atoms with van der Waals surface area (Å²) in [6, 6.07) is 9.80. The Bertz CT molecular complexity index is 736. The Morgan fingerprint density at radius 1 is 1.11 bits per heavy atom. The number of benzene rings is 1. The van der Waals surface area contributed by atoms with Gasteiger partial charge in [0.1, 0.15) is 11.6 Å². The van der Waals surface area contributed by atoms with E-state index < -0.39 is 11.2 Å². The number of rotatable bonds is 5. The fourth-order valence-electron chi connectivity index (χ4n) is 4.16. The number of likely N-dealkylation sites (tertiary alicyclic amines) is 1. The van der Waals surface area contributed by atoms with Crippen LogP contribution in [0.15, 0.2) is 42.0 Å². The maximum Gasteiger partial charge on any atom is 0.204 e. The summed E-state index contributed by atoms with van der Waals surface area (Å²) in [5, 5.41) is 11.3. The van der Waals surface area contributed by atoms with Gasteiger partial charge >= 0.3 is 0 Å². The molecular weight excluding hydrogens is 359 g/mol. The molecule has 28 heavy (non-hydrogen) atoms. The zero-order valence-corrected chi connectivity index (χ0v) is 16.6. The van der Waals surface area contributed by atoms with Crippen LogP contribution in [0.4, 0.5) is 4.39 Å². The van der Waals surface area contributed by atoms with Crippen LogP contribution in [0.3, 0.4) is 0 Å². The Hall–Kier alpha value is -2.41. The number of amidine groups is 1. The number of morpholine rings is 1.